The van der Waals surface area contributed by atoms with Gasteiger partial charge in [-0.2, -0.15) is 4.98 Å². The number of hydrogen-bond acceptors (Lipinski definition) is 5. The molecule has 0 saturated heterocycles. The Kier molecular flexibility index (Phi) is 8.03. The van der Waals surface area contributed by atoms with Crippen LogP contribution in [0.2, 0.25) is 0 Å². The Labute approximate surface area is 152 Å². The molecule has 0 fully saturated rings. The van der Waals surface area contributed by atoms with Gasteiger partial charge in [0.15, 0.2) is 0 Å². The molecule has 0 amide bonds. The van der Waals surface area contributed by atoms with Gasteiger partial charge in [0, 0.05) is 12.6 Å². The zero-order valence-corrected chi connectivity index (χ0v) is 16.0. The average molecular weight is 386 g/mol. The molecule has 0 spiro atoms. The van der Waals surface area contributed by atoms with Crippen molar-refractivity contribution in [3.8, 4) is 0 Å². The highest BCUT2D eigenvalue weighted by Crippen LogP contribution is 2.33. The summed E-state index contributed by atoms with van der Waals surface area (Å²) in [6.45, 7) is 2.38. The van der Waals surface area contributed by atoms with Crippen LogP contribution in [0.25, 0.3) is 11.1 Å². The first-order valence-corrected chi connectivity index (χ1v) is 10.8. The summed E-state index contributed by atoms with van der Waals surface area (Å²) in [5.41, 5.74) is -0.152. The summed E-state index contributed by atoms with van der Waals surface area (Å²) in [6, 6.07) is 1.89. The van der Waals surface area contributed by atoms with Gasteiger partial charge in [-0.05, 0) is 12.5 Å². The Morgan fingerprint density at radius 3 is 2.69 bits per heavy atom. The van der Waals surface area contributed by atoms with E-state index in [9.17, 15) is 9.36 Å². The molecular weight excluding hydrogens is 359 g/mol. The second-order valence-corrected chi connectivity index (χ2v) is 8.00. The van der Waals surface area contributed by atoms with Gasteiger partial charge >= 0.3 is 13.3 Å². The normalized spacial score (nSPS) is 12.1. The van der Waals surface area contributed by atoms with Crippen molar-refractivity contribution in [2.24, 2.45) is 0 Å². The standard InChI is InChI=1S/C17H27N2O6P/c1-2-3-4-5-6-7-8-15-11-14-12-19(17(20)18-16(14)25-15)9-10-24-13-26(21,22)23/h11-12H,2-10,13H2,1H3,(H2,21,22,23). The summed E-state index contributed by atoms with van der Waals surface area (Å²) in [5, 5.41) is 0.737. The van der Waals surface area contributed by atoms with E-state index in [-0.39, 0.29) is 13.2 Å². The first-order valence-electron chi connectivity index (χ1n) is 9.01. The van der Waals surface area contributed by atoms with Crippen molar-refractivity contribution < 1.29 is 23.5 Å². The van der Waals surface area contributed by atoms with Crippen molar-refractivity contribution in [3.63, 3.8) is 0 Å². The molecule has 0 radical (unpaired) electrons. The average Bonchev–Trinajstić information content (AvgIpc) is 2.95. The zero-order valence-electron chi connectivity index (χ0n) is 15.1. The van der Waals surface area contributed by atoms with E-state index < -0.39 is 19.6 Å². The van der Waals surface area contributed by atoms with E-state index in [1.807, 2.05) is 6.07 Å². The maximum atomic E-state index is 12.0. The predicted molar refractivity (Wildman–Crippen MR) is 98.2 cm³/mol. The molecule has 9 heteroatoms. The van der Waals surface area contributed by atoms with E-state index in [2.05, 4.69) is 11.9 Å². The number of furan rings is 1. The lowest BCUT2D eigenvalue weighted by Gasteiger charge is -2.07. The van der Waals surface area contributed by atoms with Crippen molar-refractivity contribution >= 4 is 18.7 Å². The summed E-state index contributed by atoms with van der Waals surface area (Å²) in [4.78, 5) is 33.4. The van der Waals surface area contributed by atoms with Gasteiger partial charge in [-0.3, -0.25) is 9.13 Å². The van der Waals surface area contributed by atoms with Gasteiger partial charge in [0.1, 0.15) is 12.1 Å². The number of hydrogen-bond donors (Lipinski definition) is 2. The van der Waals surface area contributed by atoms with Gasteiger partial charge < -0.3 is 18.9 Å². The Morgan fingerprint density at radius 1 is 1.23 bits per heavy atom. The van der Waals surface area contributed by atoms with Gasteiger partial charge in [-0.15, -0.1) is 0 Å². The zero-order chi connectivity index (χ0) is 19.0. The molecular formula is C17H27N2O6P. The van der Waals surface area contributed by atoms with Crippen LogP contribution in [0.15, 0.2) is 21.5 Å². The number of nitrogens with zero attached hydrogens (tertiary/aromatic N) is 2. The van der Waals surface area contributed by atoms with E-state index in [1.54, 1.807) is 6.20 Å². The summed E-state index contributed by atoms with van der Waals surface area (Å²) in [6.07, 6.45) is 9.01. The summed E-state index contributed by atoms with van der Waals surface area (Å²) >= 11 is 0. The lowest BCUT2D eigenvalue weighted by Crippen LogP contribution is -2.24. The van der Waals surface area contributed by atoms with Gasteiger partial charge in [0.25, 0.3) is 0 Å². The molecule has 0 aromatic carbocycles. The minimum Gasteiger partial charge on any atom is -0.443 e. The second-order valence-electron chi connectivity index (χ2n) is 6.41. The van der Waals surface area contributed by atoms with E-state index in [0.717, 1.165) is 30.4 Å². The molecule has 0 aliphatic carbocycles. The first kappa shape index (κ1) is 20.8. The third-order valence-corrected chi connectivity index (χ3v) is 4.56. The van der Waals surface area contributed by atoms with E-state index in [1.165, 1.54) is 30.3 Å². The smallest absolute Gasteiger partial charge is 0.350 e. The SMILES string of the molecule is CCCCCCCCc1cc2cn(CCOCP(=O)(O)O)c(=O)nc2o1. The highest BCUT2D eigenvalue weighted by Gasteiger charge is 2.13. The third-order valence-electron chi connectivity index (χ3n) is 4.04. The first-order chi connectivity index (χ1) is 12.4. The van der Waals surface area contributed by atoms with E-state index in [4.69, 9.17) is 18.9 Å². The number of rotatable bonds is 12. The van der Waals surface area contributed by atoms with Crippen molar-refractivity contribution in [1.82, 2.24) is 9.55 Å². The summed E-state index contributed by atoms with van der Waals surface area (Å²) in [7, 11) is -4.20. The minimum atomic E-state index is -4.20. The summed E-state index contributed by atoms with van der Waals surface area (Å²) < 4.78 is 22.6. The van der Waals surface area contributed by atoms with Crippen LogP contribution >= 0.6 is 7.60 Å². The number of ether oxygens (including phenoxy) is 1. The second kappa shape index (κ2) is 10.0. The quantitative estimate of drug-likeness (QED) is 0.425. The van der Waals surface area contributed by atoms with E-state index >= 15 is 0 Å². The Balaban J connectivity index is 1.88. The van der Waals surface area contributed by atoms with Gasteiger partial charge in [0.2, 0.25) is 5.71 Å². The minimum absolute atomic E-state index is 0.0146. The molecule has 2 N–H and O–H groups in total. The fraction of sp³-hybridized carbons (Fsp3) is 0.647. The van der Waals surface area contributed by atoms with Crippen LogP contribution in [0, 0.1) is 0 Å². The number of aromatic nitrogens is 2. The Hall–Kier alpha value is -1.47. The lowest BCUT2D eigenvalue weighted by molar-refractivity contribution is 0.148. The van der Waals surface area contributed by atoms with Crippen LogP contribution in [-0.4, -0.2) is 32.3 Å². The van der Waals surface area contributed by atoms with Crippen LogP contribution in [0.4, 0.5) is 0 Å². The topological polar surface area (TPSA) is 115 Å². The number of fused-ring (bicyclic) bond motifs is 1. The lowest BCUT2D eigenvalue weighted by atomic mass is 10.1. The molecule has 0 aliphatic rings. The fourth-order valence-electron chi connectivity index (χ4n) is 2.71. The van der Waals surface area contributed by atoms with Gasteiger partial charge in [0.05, 0.1) is 18.5 Å². The molecule has 8 nitrogen and oxygen atoms in total. The molecule has 2 heterocycles. The molecule has 146 valence electrons. The van der Waals surface area contributed by atoms with Crippen LogP contribution in [-0.2, 0) is 22.3 Å². The van der Waals surface area contributed by atoms with Crippen LogP contribution < -0.4 is 5.69 Å². The van der Waals surface area contributed by atoms with E-state index in [0.29, 0.717) is 5.71 Å². The molecule has 0 unspecified atom stereocenters. The summed E-state index contributed by atoms with van der Waals surface area (Å²) in [5.74, 6) is 0.817. The van der Waals surface area contributed by atoms with Crippen LogP contribution in [0.1, 0.15) is 51.2 Å². The van der Waals surface area contributed by atoms with Crippen LogP contribution in [0.3, 0.4) is 0 Å². The molecule has 26 heavy (non-hydrogen) atoms. The van der Waals surface area contributed by atoms with Gasteiger partial charge in [-0.1, -0.05) is 39.0 Å². The van der Waals surface area contributed by atoms with Crippen molar-refractivity contribution in [2.45, 2.75) is 58.4 Å². The highest BCUT2D eigenvalue weighted by atomic mass is 31.2. The number of aryl methyl sites for hydroxylation is 1. The maximum Gasteiger partial charge on any atom is 0.350 e. The van der Waals surface area contributed by atoms with Crippen molar-refractivity contribution in [1.29, 1.82) is 0 Å². The molecule has 0 bridgehead atoms. The van der Waals surface area contributed by atoms with Crippen LogP contribution in [0.5, 0.6) is 0 Å². The molecule has 0 atom stereocenters. The molecule has 2 rings (SSSR count). The molecule has 2 aromatic rings. The largest absolute Gasteiger partial charge is 0.443 e. The molecule has 0 saturated carbocycles. The molecule has 2 aromatic heterocycles. The van der Waals surface area contributed by atoms with Crippen molar-refractivity contribution in [3.05, 3.63) is 28.5 Å². The predicted octanol–water partition coefficient (Wildman–Crippen LogP) is 3.04. The molecule has 0 aliphatic heterocycles. The number of unbranched alkanes of at least 4 members (excludes halogenated alkanes) is 5. The Bertz CT molecular complexity index is 794. The Morgan fingerprint density at radius 2 is 1.96 bits per heavy atom. The van der Waals surface area contributed by atoms with Crippen molar-refractivity contribution in [2.75, 3.05) is 13.0 Å². The third kappa shape index (κ3) is 7.03. The monoisotopic (exact) mass is 386 g/mol. The fourth-order valence-corrected chi connectivity index (χ4v) is 3.08. The maximum absolute atomic E-state index is 12.0. The van der Waals surface area contributed by atoms with Gasteiger partial charge in [-0.25, -0.2) is 4.79 Å². The highest BCUT2D eigenvalue weighted by molar-refractivity contribution is 7.51.